The molecule has 5 rings (SSSR count). The van der Waals surface area contributed by atoms with Gasteiger partial charge >= 0.3 is 0 Å². The molecule has 0 spiro atoms. The summed E-state index contributed by atoms with van der Waals surface area (Å²) in [6, 6.07) is 0.349. The third-order valence-corrected chi connectivity index (χ3v) is 10.9. The van der Waals surface area contributed by atoms with Crippen molar-refractivity contribution in [2.24, 2.45) is 34.5 Å². The Morgan fingerprint density at radius 2 is 1.64 bits per heavy atom. The zero-order valence-electron chi connectivity index (χ0n) is 18.3. The van der Waals surface area contributed by atoms with Gasteiger partial charge in [0.05, 0.1) is 11.7 Å². The van der Waals surface area contributed by atoms with Crippen molar-refractivity contribution in [2.45, 2.75) is 89.9 Å². The summed E-state index contributed by atoms with van der Waals surface area (Å²) in [4.78, 5) is 2.58. The highest BCUT2D eigenvalue weighted by molar-refractivity contribution is 5.14. The first kappa shape index (κ1) is 19.8. The first-order valence-corrected chi connectivity index (χ1v) is 12.1. The van der Waals surface area contributed by atoms with E-state index in [1.165, 1.54) is 38.5 Å². The Bertz CT molecular complexity index is 603. The van der Waals surface area contributed by atoms with Gasteiger partial charge in [0, 0.05) is 32.2 Å². The van der Waals surface area contributed by atoms with Gasteiger partial charge in [-0.3, -0.25) is 4.90 Å². The van der Waals surface area contributed by atoms with Crippen LogP contribution in [0, 0.1) is 34.5 Å². The number of aliphatic hydroxyl groups is 2. The maximum absolute atomic E-state index is 11.1. The van der Waals surface area contributed by atoms with Gasteiger partial charge in [-0.1, -0.05) is 13.8 Å². The molecule has 5 aliphatic rings. The van der Waals surface area contributed by atoms with Crippen LogP contribution in [0.5, 0.6) is 0 Å². The van der Waals surface area contributed by atoms with E-state index in [-0.39, 0.29) is 11.5 Å². The van der Waals surface area contributed by atoms with Crippen molar-refractivity contribution in [3.63, 3.8) is 0 Å². The summed E-state index contributed by atoms with van der Waals surface area (Å²) in [5, 5.41) is 25.6. The Morgan fingerprint density at radius 3 is 2.39 bits per heavy atom. The maximum Gasteiger partial charge on any atom is 0.0698 e. The lowest BCUT2D eigenvalue weighted by Gasteiger charge is -2.63. The van der Waals surface area contributed by atoms with Crippen molar-refractivity contribution in [1.82, 2.24) is 10.2 Å². The summed E-state index contributed by atoms with van der Waals surface area (Å²) >= 11 is 0. The fourth-order valence-corrected chi connectivity index (χ4v) is 8.91. The molecule has 1 saturated heterocycles. The Balaban J connectivity index is 1.41. The number of hydrogen-bond acceptors (Lipinski definition) is 4. The molecule has 4 nitrogen and oxygen atoms in total. The van der Waals surface area contributed by atoms with Gasteiger partial charge < -0.3 is 15.5 Å². The van der Waals surface area contributed by atoms with Crippen LogP contribution in [0.3, 0.4) is 0 Å². The molecule has 0 bridgehead atoms. The van der Waals surface area contributed by atoms with Crippen molar-refractivity contribution in [3.05, 3.63) is 0 Å². The second-order valence-corrected chi connectivity index (χ2v) is 11.8. The Hall–Kier alpha value is -0.160. The number of aliphatic hydroxyl groups excluding tert-OH is 1. The molecule has 4 saturated carbocycles. The molecule has 0 amide bonds. The van der Waals surface area contributed by atoms with E-state index in [1.54, 1.807) is 0 Å². The first-order valence-electron chi connectivity index (χ1n) is 12.1. The highest BCUT2D eigenvalue weighted by Crippen LogP contribution is 2.68. The third kappa shape index (κ3) is 2.70. The number of nitrogens with zero attached hydrogens (tertiary/aromatic N) is 1. The Labute approximate surface area is 171 Å². The van der Waals surface area contributed by atoms with Crippen molar-refractivity contribution >= 4 is 0 Å². The van der Waals surface area contributed by atoms with Gasteiger partial charge in [-0.05, 0) is 92.8 Å². The Morgan fingerprint density at radius 1 is 0.929 bits per heavy atom. The average molecular weight is 391 g/mol. The SMILES string of the molecule is CC1(O)CC[C@H]2[C@@H]3CCC4CC(O)C(N5CCNCC5)C[C@]4(C)[C@@H]3CC[C@@]21C. The van der Waals surface area contributed by atoms with Gasteiger partial charge in [0.25, 0.3) is 0 Å². The lowest BCUT2D eigenvalue weighted by Crippen LogP contribution is -2.62. The molecule has 4 aliphatic carbocycles. The van der Waals surface area contributed by atoms with E-state index in [2.05, 4.69) is 31.0 Å². The topological polar surface area (TPSA) is 55.7 Å². The molecule has 1 heterocycles. The molecular formula is C24H42N2O2. The second-order valence-electron chi connectivity index (χ2n) is 11.8. The van der Waals surface area contributed by atoms with Gasteiger partial charge in [0.1, 0.15) is 0 Å². The van der Waals surface area contributed by atoms with Gasteiger partial charge in [-0.2, -0.15) is 0 Å². The van der Waals surface area contributed by atoms with E-state index < -0.39 is 5.60 Å². The minimum absolute atomic E-state index is 0.115. The van der Waals surface area contributed by atoms with Crippen LogP contribution in [0.1, 0.15) is 72.1 Å². The molecule has 5 fully saturated rings. The van der Waals surface area contributed by atoms with Crippen LogP contribution in [0.25, 0.3) is 0 Å². The largest absolute Gasteiger partial charge is 0.391 e. The van der Waals surface area contributed by atoms with Gasteiger partial charge in [-0.15, -0.1) is 0 Å². The van der Waals surface area contributed by atoms with E-state index in [4.69, 9.17) is 0 Å². The minimum atomic E-state index is -0.480. The summed E-state index contributed by atoms with van der Waals surface area (Å²) in [7, 11) is 0. The number of hydrogen-bond donors (Lipinski definition) is 3. The van der Waals surface area contributed by atoms with E-state index in [0.717, 1.165) is 50.9 Å². The number of piperazine rings is 1. The van der Waals surface area contributed by atoms with Gasteiger partial charge in [0.2, 0.25) is 0 Å². The maximum atomic E-state index is 11.1. The summed E-state index contributed by atoms with van der Waals surface area (Å²) in [5.74, 6) is 2.96. The smallest absolute Gasteiger partial charge is 0.0698 e. The zero-order chi connectivity index (χ0) is 19.7. The Kier molecular flexibility index (Phi) is 4.71. The number of fused-ring (bicyclic) bond motifs is 5. The van der Waals surface area contributed by atoms with Crippen molar-refractivity contribution in [2.75, 3.05) is 26.2 Å². The molecule has 9 atom stereocenters. The highest BCUT2D eigenvalue weighted by atomic mass is 16.3. The molecule has 160 valence electrons. The standard InChI is InChI=1S/C24H42N2O2/c1-22-15-20(26-12-10-25-11-13-26)21(27)14-16(22)4-5-17-18(22)6-8-23(2)19(17)7-9-24(23,3)28/h16-21,25,27-28H,4-15H2,1-3H3/t16?,17-,18-,19+,20?,21?,22+,23+,24?/m1/s1. The lowest BCUT2D eigenvalue weighted by atomic mass is 9.44. The predicted octanol–water partition coefficient (Wildman–Crippen LogP) is 3.02. The third-order valence-electron chi connectivity index (χ3n) is 10.9. The van der Waals surface area contributed by atoms with E-state index >= 15 is 0 Å². The monoisotopic (exact) mass is 390 g/mol. The predicted molar refractivity (Wildman–Crippen MR) is 112 cm³/mol. The molecule has 4 unspecified atom stereocenters. The number of rotatable bonds is 1. The fraction of sp³-hybridized carbons (Fsp3) is 1.00. The van der Waals surface area contributed by atoms with Crippen LogP contribution in [-0.4, -0.2) is 59.0 Å². The number of nitrogens with one attached hydrogen (secondary N) is 1. The molecule has 28 heavy (non-hydrogen) atoms. The molecule has 0 aromatic carbocycles. The quantitative estimate of drug-likeness (QED) is 0.644. The van der Waals surface area contributed by atoms with E-state index in [1.807, 2.05) is 0 Å². The molecule has 0 radical (unpaired) electrons. The average Bonchev–Trinajstić information content (AvgIpc) is 2.92. The normalized spacial score (nSPS) is 57.3. The lowest BCUT2D eigenvalue weighted by molar-refractivity contribution is -0.166. The zero-order valence-corrected chi connectivity index (χ0v) is 18.3. The summed E-state index contributed by atoms with van der Waals surface area (Å²) in [6.07, 6.45) is 9.33. The summed E-state index contributed by atoms with van der Waals surface area (Å²) in [5.41, 5.74) is 0.00341. The molecule has 3 N–H and O–H groups in total. The molecule has 0 aromatic heterocycles. The van der Waals surface area contributed by atoms with Gasteiger partial charge in [-0.25, -0.2) is 0 Å². The van der Waals surface area contributed by atoms with Crippen LogP contribution in [0.4, 0.5) is 0 Å². The van der Waals surface area contributed by atoms with Crippen LogP contribution >= 0.6 is 0 Å². The van der Waals surface area contributed by atoms with Crippen molar-refractivity contribution in [3.8, 4) is 0 Å². The van der Waals surface area contributed by atoms with Crippen LogP contribution < -0.4 is 5.32 Å². The molecule has 1 aliphatic heterocycles. The first-order chi connectivity index (χ1) is 13.3. The van der Waals surface area contributed by atoms with Gasteiger partial charge in [0.15, 0.2) is 0 Å². The summed E-state index contributed by atoms with van der Waals surface area (Å²) < 4.78 is 0. The minimum Gasteiger partial charge on any atom is -0.391 e. The highest BCUT2D eigenvalue weighted by Gasteiger charge is 2.64. The van der Waals surface area contributed by atoms with Crippen LogP contribution in [0.15, 0.2) is 0 Å². The van der Waals surface area contributed by atoms with E-state index in [9.17, 15) is 10.2 Å². The van der Waals surface area contributed by atoms with Crippen LogP contribution in [0.2, 0.25) is 0 Å². The molecular weight excluding hydrogens is 348 g/mol. The van der Waals surface area contributed by atoms with Crippen molar-refractivity contribution in [1.29, 1.82) is 0 Å². The summed E-state index contributed by atoms with van der Waals surface area (Å²) in [6.45, 7) is 11.4. The molecule has 0 aromatic rings. The van der Waals surface area contributed by atoms with Crippen LogP contribution in [-0.2, 0) is 0 Å². The fourth-order valence-electron chi connectivity index (χ4n) is 8.91. The van der Waals surface area contributed by atoms with E-state index in [0.29, 0.717) is 23.3 Å². The second kappa shape index (κ2) is 6.67. The van der Waals surface area contributed by atoms with Crippen molar-refractivity contribution < 1.29 is 10.2 Å². The molecule has 4 heteroatoms.